The lowest BCUT2D eigenvalue weighted by Crippen LogP contribution is -2.36. The summed E-state index contributed by atoms with van der Waals surface area (Å²) in [5, 5.41) is 0. The van der Waals surface area contributed by atoms with Gasteiger partial charge in [0.25, 0.3) is 5.91 Å². The van der Waals surface area contributed by atoms with E-state index >= 15 is 0 Å². The second kappa shape index (κ2) is 5.40. The lowest BCUT2D eigenvalue weighted by Gasteiger charge is -2.23. The van der Waals surface area contributed by atoms with Crippen molar-refractivity contribution in [3.63, 3.8) is 0 Å². The molecule has 2 N–H and O–H groups in total. The predicted octanol–water partition coefficient (Wildman–Crippen LogP) is 1.83. The number of ether oxygens (including phenoxy) is 1. The molecule has 4 nitrogen and oxygen atoms in total. The van der Waals surface area contributed by atoms with Gasteiger partial charge < -0.3 is 15.4 Å². The van der Waals surface area contributed by atoms with E-state index in [0.29, 0.717) is 17.8 Å². The summed E-state index contributed by atoms with van der Waals surface area (Å²) in [6, 6.07) is 5.48. The van der Waals surface area contributed by atoms with E-state index in [9.17, 15) is 4.79 Å². The summed E-state index contributed by atoms with van der Waals surface area (Å²) in [6.45, 7) is 6.00. The minimum absolute atomic E-state index is 0.0529. The Kier molecular flexibility index (Phi) is 3.87. The van der Waals surface area contributed by atoms with Gasteiger partial charge in [-0.2, -0.15) is 0 Å². The van der Waals surface area contributed by atoms with Crippen molar-refractivity contribution in [2.75, 3.05) is 25.4 Å². The van der Waals surface area contributed by atoms with Gasteiger partial charge in [0, 0.05) is 30.9 Å². The minimum Gasteiger partial charge on any atom is -0.398 e. The Bertz CT molecular complexity index is 445. The number of carbonyl (C=O) groups excluding carboxylic acids is 1. The van der Waals surface area contributed by atoms with Gasteiger partial charge in [0.2, 0.25) is 0 Å². The van der Waals surface area contributed by atoms with Crippen molar-refractivity contribution in [1.29, 1.82) is 0 Å². The molecule has 1 amide bonds. The highest BCUT2D eigenvalue weighted by Crippen LogP contribution is 2.18. The summed E-state index contributed by atoms with van der Waals surface area (Å²) in [5.41, 5.74) is 8.08. The van der Waals surface area contributed by atoms with Crippen LogP contribution in [0.3, 0.4) is 0 Å². The van der Waals surface area contributed by atoms with Crippen molar-refractivity contribution in [2.45, 2.75) is 26.4 Å². The predicted molar refractivity (Wildman–Crippen MR) is 71.5 cm³/mol. The highest BCUT2D eigenvalue weighted by atomic mass is 16.5. The molecule has 1 aliphatic heterocycles. The van der Waals surface area contributed by atoms with Crippen LogP contribution < -0.4 is 5.73 Å². The van der Waals surface area contributed by atoms with E-state index in [2.05, 4.69) is 0 Å². The number of benzene rings is 1. The molecule has 1 atom stereocenters. The molecule has 1 aromatic carbocycles. The maximum Gasteiger partial charge on any atom is 0.254 e. The fourth-order valence-corrected chi connectivity index (χ4v) is 2.23. The number of amides is 1. The van der Waals surface area contributed by atoms with Crippen LogP contribution in [0.4, 0.5) is 5.69 Å². The van der Waals surface area contributed by atoms with Crippen LogP contribution in [0.25, 0.3) is 0 Å². The zero-order valence-corrected chi connectivity index (χ0v) is 11.0. The lowest BCUT2D eigenvalue weighted by molar-refractivity contribution is 0.0562. The summed E-state index contributed by atoms with van der Waals surface area (Å²) < 4.78 is 5.55. The molecule has 0 aliphatic carbocycles. The van der Waals surface area contributed by atoms with Crippen molar-refractivity contribution in [1.82, 2.24) is 4.90 Å². The number of nitrogen functional groups attached to an aromatic ring is 1. The molecular formula is C14H20N2O2. The van der Waals surface area contributed by atoms with Crippen molar-refractivity contribution in [3.8, 4) is 0 Å². The number of carbonyl (C=O) groups is 1. The van der Waals surface area contributed by atoms with Crippen molar-refractivity contribution < 1.29 is 9.53 Å². The molecule has 1 heterocycles. The summed E-state index contributed by atoms with van der Waals surface area (Å²) in [4.78, 5) is 14.3. The molecule has 1 saturated heterocycles. The zero-order chi connectivity index (χ0) is 13.1. The zero-order valence-electron chi connectivity index (χ0n) is 11.0. The molecule has 1 aliphatic rings. The Labute approximate surface area is 108 Å². The van der Waals surface area contributed by atoms with E-state index in [1.54, 1.807) is 0 Å². The molecule has 0 radical (unpaired) electrons. The maximum absolute atomic E-state index is 12.5. The van der Waals surface area contributed by atoms with Crippen LogP contribution >= 0.6 is 0 Å². The first kappa shape index (κ1) is 12.9. The summed E-state index contributed by atoms with van der Waals surface area (Å²) in [5.74, 6) is 0.0529. The fourth-order valence-electron chi connectivity index (χ4n) is 2.23. The monoisotopic (exact) mass is 248 g/mol. The van der Waals surface area contributed by atoms with Gasteiger partial charge in [0.1, 0.15) is 0 Å². The smallest absolute Gasteiger partial charge is 0.254 e. The van der Waals surface area contributed by atoms with E-state index in [1.165, 1.54) is 0 Å². The highest BCUT2D eigenvalue weighted by Gasteiger charge is 2.22. The first-order valence-electron chi connectivity index (χ1n) is 6.35. The number of rotatable bonds is 1. The van der Waals surface area contributed by atoms with Gasteiger partial charge in [-0.25, -0.2) is 0 Å². The molecule has 98 valence electrons. The van der Waals surface area contributed by atoms with E-state index in [1.807, 2.05) is 36.9 Å². The van der Waals surface area contributed by atoms with E-state index < -0.39 is 0 Å². The summed E-state index contributed by atoms with van der Waals surface area (Å²) >= 11 is 0. The van der Waals surface area contributed by atoms with Gasteiger partial charge in [0.05, 0.1) is 6.10 Å². The van der Waals surface area contributed by atoms with Gasteiger partial charge in [-0.15, -0.1) is 0 Å². The van der Waals surface area contributed by atoms with Crippen molar-refractivity contribution in [3.05, 3.63) is 29.3 Å². The number of hydrogen-bond donors (Lipinski definition) is 1. The summed E-state index contributed by atoms with van der Waals surface area (Å²) in [6.07, 6.45) is 0.982. The average molecular weight is 248 g/mol. The van der Waals surface area contributed by atoms with Gasteiger partial charge >= 0.3 is 0 Å². The normalized spacial score (nSPS) is 20.6. The van der Waals surface area contributed by atoms with Crippen molar-refractivity contribution in [2.24, 2.45) is 0 Å². The van der Waals surface area contributed by atoms with Crippen LogP contribution in [0.1, 0.15) is 29.3 Å². The number of anilines is 1. The molecule has 0 aromatic heterocycles. The standard InChI is InChI=1S/C14H20N2O2/c1-10-9-16(7-4-8-18-10)14(17)12-5-3-6-13(15)11(12)2/h3,5-6,10H,4,7-9,15H2,1-2H3. The van der Waals surface area contributed by atoms with Gasteiger partial charge in [0.15, 0.2) is 0 Å². The minimum atomic E-state index is 0.0529. The maximum atomic E-state index is 12.5. The Morgan fingerprint density at radius 2 is 2.28 bits per heavy atom. The van der Waals surface area contributed by atoms with E-state index in [0.717, 1.165) is 25.1 Å². The highest BCUT2D eigenvalue weighted by molar-refractivity contribution is 5.96. The second-order valence-electron chi connectivity index (χ2n) is 4.81. The SMILES string of the molecule is Cc1c(N)cccc1C(=O)N1CCCOC(C)C1. The van der Waals surface area contributed by atoms with Crippen LogP contribution in [-0.2, 0) is 4.74 Å². The van der Waals surface area contributed by atoms with Gasteiger partial charge in [-0.3, -0.25) is 4.79 Å². The first-order chi connectivity index (χ1) is 8.59. The van der Waals surface area contributed by atoms with E-state index in [-0.39, 0.29) is 12.0 Å². The van der Waals surface area contributed by atoms with Crippen LogP contribution in [0.2, 0.25) is 0 Å². The van der Waals surface area contributed by atoms with Gasteiger partial charge in [-0.05, 0) is 38.0 Å². The third kappa shape index (κ3) is 2.64. The second-order valence-corrected chi connectivity index (χ2v) is 4.81. The Hall–Kier alpha value is -1.55. The average Bonchev–Trinajstić information content (AvgIpc) is 2.56. The molecule has 2 rings (SSSR count). The Balaban J connectivity index is 2.22. The fraction of sp³-hybridized carbons (Fsp3) is 0.500. The molecule has 1 fully saturated rings. The molecule has 18 heavy (non-hydrogen) atoms. The molecule has 4 heteroatoms. The molecule has 0 bridgehead atoms. The number of nitrogens with two attached hydrogens (primary N) is 1. The van der Waals surface area contributed by atoms with Crippen LogP contribution in [0, 0.1) is 6.92 Å². The largest absolute Gasteiger partial charge is 0.398 e. The van der Waals surface area contributed by atoms with Gasteiger partial charge in [-0.1, -0.05) is 6.07 Å². The Morgan fingerprint density at radius 3 is 3.06 bits per heavy atom. The number of hydrogen-bond acceptors (Lipinski definition) is 3. The quantitative estimate of drug-likeness (QED) is 0.771. The molecule has 0 spiro atoms. The molecule has 1 unspecified atom stereocenters. The van der Waals surface area contributed by atoms with Crippen molar-refractivity contribution >= 4 is 11.6 Å². The number of nitrogens with zero attached hydrogens (tertiary/aromatic N) is 1. The van der Waals surface area contributed by atoms with Crippen LogP contribution in [-0.4, -0.2) is 36.6 Å². The molecule has 0 saturated carbocycles. The molecular weight excluding hydrogens is 228 g/mol. The summed E-state index contributed by atoms with van der Waals surface area (Å²) in [7, 11) is 0. The lowest BCUT2D eigenvalue weighted by atomic mass is 10.1. The topological polar surface area (TPSA) is 55.6 Å². The van der Waals surface area contributed by atoms with Crippen LogP contribution in [0.5, 0.6) is 0 Å². The van der Waals surface area contributed by atoms with E-state index in [4.69, 9.17) is 10.5 Å². The molecule has 1 aromatic rings. The van der Waals surface area contributed by atoms with Crippen LogP contribution in [0.15, 0.2) is 18.2 Å². The first-order valence-corrected chi connectivity index (χ1v) is 6.35. The third-order valence-corrected chi connectivity index (χ3v) is 3.35. The third-order valence-electron chi connectivity index (χ3n) is 3.35. The Morgan fingerprint density at radius 1 is 1.50 bits per heavy atom.